The van der Waals surface area contributed by atoms with Crippen molar-refractivity contribution in [3.8, 4) is 0 Å². The molecule has 0 radical (unpaired) electrons. The summed E-state index contributed by atoms with van der Waals surface area (Å²) in [6, 6.07) is 0. The van der Waals surface area contributed by atoms with E-state index in [9.17, 15) is 5.11 Å². The SMILES string of the molecule is CC(C)(C)[Si](C)(C)OCC1[C@]23[C@@H](O[Si](C)(C)C(C)(C)C)C[C@@]1([C@@H]1C[C@H]1CO)[C@]2(C)CCC[C@H]3O[Si](C)(C)C(C)(C)C. The van der Waals surface area contributed by atoms with E-state index in [1.165, 1.54) is 19.3 Å². The van der Waals surface area contributed by atoms with Crippen LogP contribution in [0.2, 0.25) is 54.4 Å². The second-order valence-electron chi connectivity index (χ2n) is 19.5. The van der Waals surface area contributed by atoms with Crippen molar-refractivity contribution >= 4 is 25.0 Å². The summed E-state index contributed by atoms with van der Waals surface area (Å²) in [4.78, 5) is 0. The number of aliphatic hydroxyl groups excluding tert-OH is 1. The highest BCUT2D eigenvalue weighted by Crippen LogP contribution is 2.90. The Morgan fingerprint density at radius 2 is 1.24 bits per heavy atom. The zero-order valence-corrected chi connectivity index (χ0v) is 33.0. The molecule has 0 saturated heterocycles. The molecule has 7 heteroatoms. The Kier molecular flexibility index (Phi) is 8.38. The largest absolute Gasteiger partial charge is 0.417 e. The van der Waals surface area contributed by atoms with E-state index >= 15 is 0 Å². The Hall–Kier alpha value is 0.491. The highest BCUT2D eigenvalue weighted by Gasteiger charge is 2.90. The summed E-state index contributed by atoms with van der Waals surface area (Å²) in [5.74, 6) is 1.45. The van der Waals surface area contributed by atoms with E-state index in [0.29, 0.717) is 24.4 Å². The van der Waals surface area contributed by atoms with E-state index in [2.05, 4.69) is 109 Å². The summed E-state index contributed by atoms with van der Waals surface area (Å²) in [5, 5.41) is 10.9. The van der Waals surface area contributed by atoms with Crippen LogP contribution in [0.4, 0.5) is 0 Å². The molecule has 4 nitrogen and oxygen atoms in total. The Labute approximate surface area is 257 Å². The lowest BCUT2D eigenvalue weighted by Crippen LogP contribution is -2.76. The third-order valence-corrected chi connectivity index (χ3v) is 28.1. The molecule has 8 atom stereocenters. The number of hydrogen-bond acceptors (Lipinski definition) is 4. The smallest absolute Gasteiger partial charge is 0.192 e. The van der Waals surface area contributed by atoms with Crippen LogP contribution in [0.3, 0.4) is 0 Å². The molecule has 1 N–H and O–H groups in total. The van der Waals surface area contributed by atoms with Crippen LogP contribution in [0.1, 0.15) is 101 Å². The third-order valence-electron chi connectivity index (χ3n) is 14.6. The average Bonchev–Trinajstić information content (AvgIpc) is 3.45. The summed E-state index contributed by atoms with van der Waals surface area (Å²) in [6.45, 7) is 39.8. The zero-order chi connectivity index (χ0) is 31.5. The standard InChI is InChI=1S/C34H68O4Si3/c1-29(2,3)39(11,12)36-23-26-33(25-20-24(25)22-35)21-28(38-41(15,16)31(7,8)9)34(26)27(18-17-19-32(33,34)10)37-40(13,14)30(4,5)6/h24-28,35H,17-23H2,1-16H3/t24-,25+,26?,27+,28-,32-,33-,34-/m0/s1. The average molecular weight is 625 g/mol. The fraction of sp³-hybridized carbons (Fsp3) is 1.00. The van der Waals surface area contributed by atoms with Gasteiger partial charge in [0.15, 0.2) is 25.0 Å². The first kappa shape index (κ1) is 34.4. The number of rotatable bonds is 9. The molecule has 0 aromatic heterocycles. The van der Waals surface area contributed by atoms with E-state index in [4.69, 9.17) is 13.3 Å². The molecule has 0 heterocycles. The number of hydrogen-bond donors (Lipinski definition) is 1. The summed E-state index contributed by atoms with van der Waals surface area (Å²) >= 11 is 0. The van der Waals surface area contributed by atoms with Gasteiger partial charge in [0.25, 0.3) is 0 Å². The third kappa shape index (κ3) is 4.83. The predicted molar refractivity (Wildman–Crippen MR) is 181 cm³/mol. The molecular formula is C34H68O4Si3. The van der Waals surface area contributed by atoms with Crippen LogP contribution in [0.25, 0.3) is 0 Å². The number of fused-ring (bicyclic) bond motifs is 1. The van der Waals surface area contributed by atoms with Gasteiger partial charge in [-0.15, -0.1) is 0 Å². The second kappa shape index (κ2) is 9.99. The summed E-state index contributed by atoms with van der Waals surface area (Å²) in [5.41, 5.74) is 0.306. The quantitative estimate of drug-likeness (QED) is 0.260. The Morgan fingerprint density at radius 3 is 1.68 bits per heavy atom. The first-order valence-corrected chi connectivity index (χ1v) is 25.6. The van der Waals surface area contributed by atoms with Gasteiger partial charge in [0.1, 0.15) is 0 Å². The van der Waals surface area contributed by atoms with Crippen LogP contribution in [-0.2, 0) is 13.3 Å². The molecular weight excluding hydrogens is 557 g/mol. The maximum atomic E-state index is 10.4. The lowest BCUT2D eigenvalue weighted by Gasteiger charge is -2.75. The van der Waals surface area contributed by atoms with Gasteiger partial charge < -0.3 is 18.4 Å². The van der Waals surface area contributed by atoms with Gasteiger partial charge in [-0.05, 0) is 109 Å². The normalized spacial score (nSPS) is 39.9. The van der Waals surface area contributed by atoms with Crippen molar-refractivity contribution in [3.63, 3.8) is 0 Å². The van der Waals surface area contributed by atoms with Gasteiger partial charge in [-0.1, -0.05) is 75.7 Å². The van der Waals surface area contributed by atoms with Gasteiger partial charge >= 0.3 is 0 Å². The minimum atomic E-state index is -2.04. The molecule has 0 amide bonds. The number of aliphatic hydroxyl groups is 1. The van der Waals surface area contributed by atoms with Gasteiger partial charge in [0, 0.05) is 18.6 Å². The molecule has 5 fully saturated rings. The monoisotopic (exact) mass is 624 g/mol. The molecule has 0 aromatic rings. The molecule has 5 aliphatic carbocycles. The van der Waals surface area contributed by atoms with Crippen molar-refractivity contribution in [1.82, 2.24) is 0 Å². The van der Waals surface area contributed by atoms with Crippen molar-refractivity contribution < 1.29 is 18.4 Å². The van der Waals surface area contributed by atoms with Crippen LogP contribution >= 0.6 is 0 Å². The lowest BCUT2D eigenvalue weighted by atomic mass is 9.31. The first-order valence-electron chi connectivity index (χ1n) is 16.9. The van der Waals surface area contributed by atoms with Gasteiger partial charge in [0.05, 0.1) is 12.2 Å². The molecule has 5 aliphatic rings. The minimum Gasteiger partial charge on any atom is -0.417 e. The van der Waals surface area contributed by atoms with Gasteiger partial charge in [-0.2, -0.15) is 0 Å². The molecule has 5 rings (SSSR count). The second-order valence-corrected chi connectivity index (χ2v) is 33.9. The molecule has 240 valence electrons. The van der Waals surface area contributed by atoms with Crippen molar-refractivity contribution in [2.45, 2.75) is 168 Å². The van der Waals surface area contributed by atoms with Crippen molar-refractivity contribution in [2.24, 2.45) is 34.0 Å². The fourth-order valence-electron chi connectivity index (χ4n) is 9.11. The molecule has 5 saturated carbocycles. The fourth-order valence-corrected chi connectivity index (χ4v) is 12.9. The van der Waals surface area contributed by atoms with Crippen molar-refractivity contribution in [1.29, 1.82) is 0 Å². The Balaban J connectivity index is 1.87. The van der Waals surface area contributed by atoms with E-state index in [-0.39, 0.29) is 43.6 Å². The minimum absolute atomic E-state index is 0.0265. The highest BCUT2D eigenvalue weighted by molar-refractivity contribution is 6.75. The maximum Gasteiger partial charge on any atom is 0.192 e. The van der Waals surface area contributed by atoms with Gasteiger partial charge in [0.2, 0.25) is 0 Å². The Morgan fingerprint density at radius 1 is 0.756 bits per heavy atom. The topological polar surface area (TPSA) is 47.9 Å². The van der Waals surface area contributed by atoms with Crippen LogP contribution in [0, 0.1) is 34.0 Å². The van der Waals surface area contributed by atoms with E-state index < -0.39 is 25.0 Å². The highest BCUT2D eigenvalue weighted by atomic mass is 28.4. The summed E-state index contributed by atoms with van der Waals surface area (Å²) in [6.07, 6.45) is 6.34. The molecule has 0 aromatic carbocycles. The Bertz CT molecular complexity index is 989. The summed E-state index contributed by atoms with van der Waals surface area (Å²) in [7, 11) is -6.02. The first-order chi connectivity index (χ1) is 18.3. The van der Waals surface area contributed by atoms with Crippen LogP contribution in [0.5, 0.6) is 0 Å². The summed E-state index contributed by atoms with van der Waals surface area (Å²) < 4.78 is 22.5. The zero-order valence-electron chi connectivity index (χ0n) is 30.0. The van der Waals surface area contributed by atoms with E-state index in [0.717, 1.165) is 19.4 Å². The van der Waals surface area contributed by atoms with Crippen molar-refractivity contribution in [3.05, 3.63) is 0 Å². The van der Waals surface area contributed by atoms with Gasteiger partial charge in [-0.3, -0.25) is 0 Å². The molecule has 0 aliphatic heterocycles. The maximum absolute atomic E-state index is 10.4. The van der Waals surface area contributed by atoms with Crippen LogP contribution in [0.15, 0.2) is 0 Å². The predicted octanol–water partition coefficient (Wildman–Crippen LogP) is 9.61. The van der Waals surface area contributed by atoms with Gasteiger partial charge in [-0.25, -0.2) is 0 Å². The molecule has 2 bridgehead atoms. The molecule has 1 spiro atoms. The van der Waals surface area contributed by atoms with Crippen molar-refractivity contribution in [2.75, 3.05) is 13.2 Å². The van der Waals surface area contributed by atoms with E-state index in [1.807, 2.05) is 0 Å². The molecule has 41 heavy (non-hydrogen) atoms. The van der Waals surface area contributed by atoms with E-state index in [1.54, 1.807) is 0 Å². The molecule has 1 unspecified atom stereocenters. The van der Waals surface area contributed by atoms with Crippen LogP contribution < -0.4 is 0 Å². The van der Waals surface area contributed by atoms with Crippen LogP contribution in [-0.4, -0.2) is 55.5 Å². The lowest BCUT2D eigenvalue weighted by molar-refractivity contribution is -0.305.